The average molecular weight is 680 g/mol. The van der Waals surface area contributed by atoms with Gasteiger partial charge in [-0.1, -0.05) is 55.8 Å². The topological polar surface area (TPSA) is 105 Å². The zero-order valence-corrected chi connectivity index (χ0v) is 27.9. The Hall–Kier alpha value is -4.97. The number of nitrogens with zero attached hydrogens (tertiary/aromatic N) is 2. The minimum absolute atomic E-state index is 0.0215. The van der Waals surface area contributed by atoms with Crippen molar-refractivity contribution < 1.29 is 36.3 Å². The maximum absolute atomic E-state index is 14.5. The minimum atomic E-state index is -4.48. The van der Waals surface area contributed by atoms with Crippen molar-refractivity contribution in [2.45, 2.75) is 43.7 Å². The van der Waals surface area contributed by atoms with Gasteiger partial charge in [0.15, 0.2) is 11.5 Å². The number of ether oxygens (including phenoxy) is 2. The lowest BCUT2D eigenvalue weighted by Crippen LogP contribution is -2.53. The molecule has 0 radical (unpaired) electrons. The first kappa shape index (κ1) is 35.9. The summed E-state index contributed by atoms with van der Waals surface area (Å²) in [5.41, 5.74) is 1.33. The van der Waals surface area contributed by atoms with Gasteiger partial charge < -0.3 is 19.7 Å². The molecular formula is C36H39F2N3O6S. The highest BCUT2D eigenvalue weighted by atomic mass is 32.2. The second kappa shape index (κ2) is 16.7. The maximum Gasteiger partial charge on any atom is 0.264 e. The van der Waals surface area contributed by atoms with Crippen LogP contribution in [0.2, 0.25) is 0 Å². The van der Waals surface area contributed by atoms with Crippen molar-refractivity contribution in [3.05, 3.63) is 120 Å². The third-order valence-electron chi connectivity index (χ3n) is 7.70. The van der Waals surface area contributed by atoms with Gasteiger partial charge in [0.25, 0.3) is 10.0 Å². The van der Waals surface area contributed by atoms with Crippen molar-refractivity contribution in [2.75, 3.05) is 31.6 Å². The highest BCUT2D eigenvalue weighted by molar-refractivity contribution is 7.92. The number of hydrogen-bond acceptors (Lipinski definition) is 6. The molecule has 9 nitrogen and oxygen atoms in total. The maximum atomic E-state index is 14.5. The molecule has 0 aliphatic heterocycles. The van der Waals surface area contributed by atoms with Crippen LogP contribution < -0.4 is 19.1 Å². The fourth-order valence-corrected chi connectivity index (χ4v) is 6.52. The first-order chi connectivity index (χ1) is 23.1. The number of amides is 2. The number of carbonyl (C=O) groups is 2. The number of rotatable bonds is 16. The molecular weight excluding hydrogens is 640 g/mol. The SMILES string of the molecule is CCCCNC(=O)C(Cc1ccccc1)N(Cc1ccc(F)cc1)C(=O)CN(c1ccc(F)cc1)S(=O)(=O)c1ccc(OC)c(OC)c1. The molecule has 0 aliphatic rings. The molecule has 1 unspecified atom stereocenters. The van der Waals surface area contributed by atoms with E-state index in [0.29, 0.717) is 17.9 Å². The van der Waals surface area contributed by atoms with Gasteiger partial charge in [-0.05, 0) is 66.1 Å². The van der Waals surface area contributed by atoms with Crippen LogP contribution in [0.1, 0.15) is 30.9 Å². The molecule has 48 heavy (non-hydrogen) atoms. The molecule has 1 N–H and O–H groups in total. The molecule has 0 bridgehead atoms. The van der Waals surface area contributed by atoms with Crippen LogP contribution in [0.4, 0.5) is 14.5 Å². The Morgan fingerprint density at radius 2 is 1.44 bits per heavy atom. The van der Waals surface area contributed by atoms with Gasteiger partial charge in [0.05, 0.1) is 24.8 Å². The van der Waals surface area contributed by atoms with E-state index in [9.17, 15) is 26.8 Å². The lowest BCUT2D eigenvalue weighted by Gasteiger charge is -2.34. The van der Waals surface area contributed by atoms with E-state index >= 15 is 0 Å². The van der Waals surface area contributed by atoms with Crippen LogP contribution in [0.25, 0.3) is 0 Å². The predicted molar refractivity (Wildman–Crippen MR) is 179 cm³/mol. The molecule has 0 fully saturated rings. The first-order valence-electron chi connectivity index (χ1n) is 15.4. The van der Waals surface area contributed by atoms with E-state index in [1.165, 1.54) is 73.7 Å². The van der Waals surface area contributed by atoms with Crippen LogP contribution in [0.3, 0.4) is 0 Å². The second-order valence-electron chi connectivity index (χ2n) is 11.0. The van der Waals surface area contributed by atoms with Gasteiger partial charge in [0.2, 0.25) is 11.8 Å². The highest BCUT2D eigenvalue weighted by Crippen LogP contribution is 2.32. The number of benzene rings is 4. The standard InChI is InChI=1S/C36H39F2N3O6S/c1-4-5-21-39-36(43)32(22-26-9-7-6-8-10-26)40(24-27-11-13-28(37)14-12-27)35(42)25-41(30-17-15-29(38)16-18-30)48(44,45)31-19-20-33(46-2)34(23-31)47-3/h6-20,23,32H,4-5,21-22,24-25H2,1-3H3,(H,39,43). The Bertz CT molecular complexity index is 1770. The van der Waals surface area contributed by atoms with E-state index in [2.05, 4.69) is 5.32 Å². The van der Waals surface area contributed by atoms with Crippen molar-refractivity contribution >= 4 is 27.5 Å². The monoisotopic (exact) mass is 679 g/mol. The summed E-state index contributed by atoms with van der Waals surface area (Å²) in [6.07, 6.45) is 1.69. The molecule has 4 aromatic carbocycles. The Labute approximate surface area is 280 Å². The molecule has 1 atom stereocenters. The number of methoxy groups -OCH3 is 2. The number of carbonyl (C=O) groups excluding carboxylic acids is 2. The molecule has 254 valence electrons. The number of nitrogens with one attached hydrogen (secondary N) is 1. The molecule has 0 heterocycles. The van der Waals surface area contributed by atoms with Gasteiger partial charge in [0, 0.05) is 25.6 Å². The van der Waals surface area contributed by atoms with Crippen LogP contribution in [-0.4, -0.2) is 58.5 Å². The quantitative estimate of drug-likeness (QED) is 0.152. The summed E-state index contributed by atoms with van der Waals surface area (Å²) in [6.45, 7) is 1.51. The van der Waals surface area contributed by atoms with Crippen molar-refractivity contribution in [1.29, 1.82) is 0 Å². The van der Waals surface area contributed by atoms with E-state index in [1.54, 1.807) is 0 Å². The summed E-state index contributed by atoms with van der Waals surface area (Å²) in [5.74, 6) is -1.76. The lowest BCUT2D eigenvalue weighted by atomic mass is 10.0. The number of anilines is 1. The normalized spacial score (nSPS) is 11.8. The third-order valence-corrected chi connectivity index (χ3v) is 9.47. The fourth-order valence-electron chi connectivity index (χ4n) is 5.09. The Kier molecular flexibility index (Phi) is 12.5. The zero-order chi connectivity index (χ0) is 34.7. The molecule has 0 saturated carbocycles. The molecule has 4 aromatic rings. The van der Waals surface area contributed by atoms with Crippen molar-refractivity contribution in [3.63, 3.8) is 0 Å². The van der Waals surface area contributed by atoms with E-state index < -0.39 is 46.1 Å². The molecule has 0 aliphatic carbocycles. The van der Waals surface area contributed by atoms with E-state index in [-0.39, 0.29) is 29.3 Å². The van der Waals surface area contributed by atoms with Crippen LogP contribution in [0.5, 0.6) is 11.5 Å². The summed E-state index contributed by atoms with van der Waals surface area (Å²) in [4.78, 5) is 29.4. The summed E-state index contributed by atoms with van der Waals surface area (Å²) in [5, 5.41) is 2.91. The number of unbranched alkanes of at least 4 members (excludes halogenated alkanes) is 1. The number of sulfonamides is 1. The average Bonchev–Trinajstić information content (AvgIpc) is 3.10. The molecule has 12 heteroatoms. The van der Waals surface area contributed by atoms with E-state index in [0.717, 1.165) is 34.8 Å². The smallest absolute Gasteiger partial charge is 0.264 e. The van der Waals surface area contributed by atoms with Crippen LogP contribution >= 0.6 is 0 Å². The molecule has 0 spiro atoms. The number of halogens is 2. The van der Waals surface area contributed by atoms with Crippen molar-refractivity contribution in [3.8, 4) is 11.5 Å². The molecule has 2 amide bonds. The molecule has 0 saturated heterocycles. The van der Waals surface area contributed by atoms with Crippen molar-refractivity contribution in [1.82, 2.24) is 10.2 Å². The number of hydrogen-bond donors (Lipinski definition) is 1. The van der Waals surface area contributed by atoms with Crippen LogP contribution in [-0.2, 0) is 32.6 Å². The minimum Gasteiger partial charge on any atom is -0.493 e. The van der Waals surface area contributed by atoms with E-state index in [4.69, 9.17) is 9.47 Å². The largest absolute Gasteiger partial charge is 0.493 e. The summed E-state index contributed by atoms with van der Waals surface area (Å²) in [7, 11) is -1.70. The van der Waals surface area contributed by atoms with Gasteiger partial charge >= 0.3 is 0 Å². The van der Waals surface area contributed by atoms with Crippen LogP contribution in [0.15, 0.2) is 102 Å². The highest BCUT2D eigenvalue weighted by Gasteiger charge is 2.35. The van der Waals surface area contributed by atoms with Gasteiger partial charge in [-0.15, -0.1) is 0 Å². The van der Waals surface area contributed by atoms with Gasteiger partial charge in [-0.25, -0.2) is 17.2 Å². The van der Waals surface area contributed by atoms with Gasteiger partial charge in [-0.3, -0.25) is 13.9 Å². The zero-order valence-electron chi connectivity index (χ0n) is 27.1. The van der Waals surface area contributed by atoms with Crippen molar-refractivity contribution in [2.24, 2.45) is 0 Å². The van der Waals surface area contributed by atoms with Gasteiger partial charge in [-0.2, -0.15) is 0 Å². The van der Waals surface area contributed by atoms with Gasteiger partial charge in [0.1, 0.15) is 24.2 Å². The molecule has 0 aromatic heterocycles. The Balaban J connectivity index is 1.80. The fraction of sp³-hybridized carbons (Fsp3) is 0.278. The Morgan fingerprint density at radius 1 is 0.812 bits per heavy atom. The summed E-state index contributed by atoms with van der Waals surface area (Å²) >= 11 is 0. The summed E-state index contributed by atoms with van der Waals surface area (Å²) < 4.78 is 67.8. The first-order valence-corrected chi connectivity index (χ1v) is 16.9. The molecule has 4 rings (SSSR count). The Morgan fingerprint density at radius 3 is 2.04 bits per heavy atom. The predicted octanol–water partition coefficient (Wildman–Crippen LogP) is 5.73. The lowest BCUT2D eigenvalue weighted by molar-refractivity contribution is -0.140. The third kappa shape index (κ3) is 9.09. The van der Waals surface area contributed by atoms with E-state index in [1.807, 2.05) is 37.3 Å². The summed E-state index contributed by atoms with van der Waals surface area (Å²) in [6, 6.07) is 22.3. The van der Waals surface area contributed by atoms with Crippen LogP contribution in [0, 0.1) is 11.6 Å². The second-order valence-corrected chi connectivity index (χ2v) is 12.9.